The van der Waals surface area contributed by atoms with Gasteiger partial charge in [0.15, 0.2) is 5.82 Å². The van der Waals surface area contributed by atoms with E-state index in [2.05, 4.69) is 15.3 Å². The Morgan fingerprint density at radius 3 is 2.58 bits per heavy atom. The zero-order chi connectivity index (χ0) is 13.7. The smallest absolute Gasteiger partial charge is 0.223 e. The minimum Gasteiger partial charge on any atom is -0.494 e. The van der Waals surface area contributed by atoms with Crippen LogP contribution in [0.25, 0.3) is 11.3 Å². The Balaban J connectivity index is 2.31. The van der Waals surface area contributed by atoms with Crippen molar-refractivity contribution in [1.82, 2.24) is 9.97 Å². The lowest BCUT2D eigenvalue weighted by Gasteiger charge is -2.07. The third-order valence-electron chi connectivity index (χ3n) is 2.52. The molecule has 0 saturated carbocycles. The van der Waals surface area contributed by atoms with Gasteiger partial charge in [-0.1, -0.05) is 0 Å². The molecule has 0 atom stereocenters. The summed E-state index contributed by atoms with van der Waals surface area (Å²) >= 11 is 0. The van der Waals surface area contributed by atoms with Crippen LogP contribution >= 0.6 is 0 Å². The van der Waals surface area contributed by atoms with Gasteiger partial charge in [0, 0.05) is 12.1 Å². The predicted octanol–water partition coefficient (Wildman–Crippen LogP) is 3.11. The van der Waals surface area contributed by atoms with Crippen LogP contribution in [0.2, 0.25) is 0 Å². The normalized spacial score (nSPS) is 10.3. The van der Waals surface area contributed by atoms with Gasteiger partial charge in [-0.15, -0.1) is 0 Å². The van der Waals surface area contributed by atoms with Crippen LogP contribution in [0, 0.1) is 5.82 Å². The van der Waals surface area contributed by atoms with E-state index in [1.54, 1.807) is 24.3 Å². The van der Waals surface area contributed by atoms with Crippen molar-refractivity contribution < 1.29 is 9.13 Å². The summed E-state index contributed by atoms with van der Waals surface area (Å²) in [5.41, 5.74) is 0.983. The van der Waals surface area contributed by atoms with Crippen molar-refractivity contribution in [3.05, 3.63) is 36.3 Å². The Morgan fingerprint density at radius 1 is 1.21 bits per heavy atom. The second-order valence-corrected chi connectivity index (χ2v) is 3.88. The first-order chi connectivity index (χ1) is 9.24. The monoisotopic (exact) mass is 261 g/mol. The van der Waals surface area contributed by atoms with Gasteiger partial charge in [0.25, 0.3) is 0 Å². The molecule has 1 heterocycles. The maximum absolute atomic E-state index is 13.8. The van der Waals surface area contributed by atoms with Crippen LogP contribution in [0.1, 0.15) is 13.8 Å². The van der Waals surface area contributed by atoms with Gasteiger partial charge in [-0.3, -0.25) is 0 Å². The number of ether oxygens (including phenoxy) is 1. The van der Waals surface area contributed by atoms with E-state index in [4.69, 9.17) is 4.74 Å². The summed E-state index contributed by atoms with van der Waals surface area (Å²) in [6.07, 6.45) is 1.18. The standard InChI is InChI=1S/C14H16FN3O/c1-3-16-14-17-9-12(15)13(18-14)10-5-7-11(8-6-10)19-4-2/h5-9H,3-4H2,1-2H3,(H,16,17,18). The zero-order valence-electron chi connectivity index (χ0n) is 11.0. The minimum atomic E-state index is -0.439. The number of aromatic nitrogens is 2. The average molecular weight is 261 g/mol. The van der Waals surface area contributed by atoms with Crippen molar-refractivity contribution in [1.29, 1.82) is 0 Å². The molecule has 19 heavy (non-hydrogen) atoms. The van der Waals surface area contributed by atoms with Crippen LogP contribution in [0.15, 0.2) is 30.5 Å². The summed E-state index contributed by atoms with van der Waals surface area (Å²) in [7, 11) is 0. The van der Waals surface area contributed by atoms with Gasteiger partial charge in [0.05, 0.1) is 12.8 Å². The first kappa shape index (κ1) is 13.3. The molecule has 0 aliphatic rings. The molecule has 0 fully saturated rings. The maximum Gasteiger partial charge on any atom is 0.223 e. The lowest BCUT2D eigenvalue weighted by atomic mass is 10.1. The van der Waals surface area contributed by atoms with Crippen LogP contribution in [0.5, 0.6) is 5.75 Å². The number of benzene rings is 1. The van der Waals surface area contributed by atoms with E-state index in [-0.39, 0.29) is 5.69 Å². The topological polar surface area (TPSA) is 47.0 Å². The Hall–Kier alpha value is -2.17. The van der Waals surface area contributed by atoms with E-state index in [1.807, 2.05) is 13.8 Å². The predicted molar refractivity (Wildman–Crippen MR) is 72.8 cm³/mol. The third kappa shape index (κ3) is 3.19. The Kier molecular flexibility index (Phi) is 4.28. The Morgan fingerprint density at radius 2 is 1.95 bits per heavy atom. The molecule has 0 bridgehead atoms. The molecule has 0 aliphatic heterocycles. The Labute approximate surface area is 111 Å². The number of halogens is 1. The van der Waals surface area contributed by atoms with Crippen molar-refractivity contribution >= 4 is 5.95 Å². The summed E-state index contributed by atoms with van der Waals surface area (Å²) in [6.45, 7) is 5.14. The number of anilines is 1. The van der Waals surface area contributed by atoms with Gasteiger partial charge >= 0.3 is 0 Å². The van der Waals surface area contributed by atoms with Crippen LogP contribution in [-0.2, 0) is 0 Å². The number of nitrogens with one attached hydrogen (secondary N) is 1. The first-order valence-electron chi connectivity index (χ1n) is 6.24. The lowest BCUT2D eigenvalue weighted by molar-refractivity contribution is 0.340. The van der Waals surface area contributed by atoms with Crippen molar-refractivity contribution in [2.75, 3.05) is 18.5 Å². The number of hydrogen-bond acceptors (Lipinski definition) is 4. The molecule has 1 N–H and O–H groups in total. The maximum atomic E-state index is 13.8. The van der Waals surface area contributed by atoms with Crippen molar-refractivity contribution in [2.24, 2.45) is 0 Å². The van der Waals surface area contributed by atoms with Crippen molar-refractivity contribution in [2.45, 2.75) is 13.8 Å². The molecule has 0 amide bonds. The first-order valence-corrected chi connectivity index (χ1v) is 6.24. The largest absolute Gasteiger partial charge is 0.494 e. The lowest BCUT2D eigenvalue weighted by Crippen LogP contribution is -2.04. The quantitative estimate of drug-likeness (QED) is 0.898. The van der Waals surface area contributed by atoms with Crippen LogP contribution in [0.4, 0.5) is 10.3 Å². The second-order valence-electron chi connectivity index (χ2n) is 3.88. The fourth-order valence-electron chi connectivity index (χ4n) is 1.69. The van der Waals surface area contributed by atoms with Crippen LogP contribution in [0.3, 0.4) is 0 Å². The van der Waals surface area contributed by atoms with E-state index < -0.39 is 5.82 Å². The molecule has 0 unspecified atom stereocenters. The molecule has 0 saturated heterocycles. The fourth-order valence-corrected chi connectivity index (χ4v) is 1.69. The van der Waals surface area contributed by atoms with Gasteiger partial charge in [0.1, 0.15) is 11.4 Å². The van der Waals surface area contributed by atoms with E-state index in [9.17, 15) is 4.39 Å². The van der Waals surface area contributed by atoms with Crippen LogP contribution < -0.4 is 10.1 Å². The summed E-state index contributed by atoms with van der Waals surface area (Å²) in [4.78, 5) is 8.05. The second kappa shape index (κ2) is 6.13. The van der Waals surface area contributed by atoms with Gasteiger partial charge in [-0.05, 0) is 38.1 Å². The number of hydrogen-bond donors (Lipinski definition) is 1. The molecule has 1 aromatic heterocycles. The van der Waals surface area contributed by atoms with E-state index in [0.29, 0.717) is 24.7 Å². The summed E-state index contributed by atoms with van der Waals surface area (Å²) in [5.74, 6) is 0.742. The van der Waals surface area contributed by atoms with Gasteiger partial charge in [-0.25, -0.2) is 14.4 Å². The van der Waals surface area contributed by atoms with Gasteiger partial charge < -0.3 is 10.1 Å². The minimum absolute atomic E-state index is 0.286. The SMILES string of the molecule is CCNc1ncc(F)c(-c2ccc(OCC)cc2)n1. The number of nitrogens with zero attached hydrogens (tertiary/aromatic N) is 2. The van der Waals surface area contributed by atoms with Gasteiger partial charge in [-0.2, -0.15) is 0 Å². The third-order valence-corrected chi connectivity index (χ3v) is 2.52. The molecule has 100 valence electrons. The molecular weight excluding hydrogens is 245 g/mol. The van der Waals surface area contributed by atoms with E-state index in [0.717, 1.165) is 5.75 Å². The van der Waals surface area contributed by atoms with Crippen molar-refractivity contribution in [3.63, 3.8) is 0 Å². The highest BCUT2D eigenvalue weighted by molar-refractivity contribution is 5.61. The fraction of sp³-hybridized carbons (Fsp3) is 0.286. The highest BCUT2D eigenvalue weighted by atomic mass is 19.1. The molecule has 0 aliphatic carbocycles. The zero-order valence-corrected chi connectivity index (χ0v) is 11.0. The molecule has 2 rings (SSSR count). The molecule has 0 radical (unpaired) electrons. The van der Waals surface area contributed by atoms with Crippen LogP contribution in [-0.4, -0.2) is 23.1 Å². The highest BCUT2D eigenvalue weighted by Gasteiger charge is 2.09. The van der Waals surface area contributed by atoms with Gasteiger partial charge in [0.2, 0.25) is 5.95 Å². The molecule has 5 heteroatoms. The molecule has 4 nitrogen and oxygen atoms in total. The highest BCUT2D eigenvalue weighted by Crippen LogP contribution is 2.23. The van der Waals surface area contributed by atoms with E-state index in [1.165, 1.54) is 6.20 Å². The molecule has 2 aromatic rings. The van der Waals surface area contributed by atoms with E-state index >= 15 is 0 Å². The van der Waals surface area contributed by atoms with Crippen molar-refractivity contribution in [3.8, 4) is 17.0 Å². The molecule has 1 aromatic carbocycles. The molecule has 0 spiro atoms. The Bertz CT molecular complexity index is 543. The number of rotatable bonds is 5. The summed E-state index contributed by atoms with van der Waals surface area (Å²) in [6, 6.07) is 7.17. The molecular formula is C14H16FN3O. The summed E-state index contributed by atoms with van der Waals surface area (Å²) < 4.78 is 19.1. The average Bonchev–Trinajstić information content (AvgIpc) is 2.43. The summed E-state index contributed by atoms with van der Waals surface area (Å²) in [5, 5.41) is 2.96.